The van der Waals surface area contributed by atoms with Crippen LogP contribution in [0.15, 0.2) is 36.4 Å². The maximum Gasteiger partial charge on any atom is 0.269 e. The smallest absolute Gasteiger partial charge is 0.269 e. The Morgan fingerprint density at radius 1 is 1.13 bits per heavy atom. The summed E-state index contributed by atoms with van der Waals surface area (Å²) in [6.45, 7) is 6.33. The van der Waals surface area contributed by atoms with E-state index in [0.717, 1.165) is 44.2 Å². The summed E-state index contributed by atoms with van der Waals surface area (Å²) in [5, 5.41) is 10.9. The van der Waals surface area contributed by atoms with Crippen LogP contribution in [0.3, 0.4) is 0 Å². The first kappa shape index (κ1) is 16.1. The van der Waals surface area contributed by atoms with E-state index in [1.807, 2.05) is 6.07 Å². The molecule has 1 fully saturated rings. The Balaban J connectivity index is 1.46. The molecule has 1 heterocycles. The molecule has 0 saturated carbocycles. The lowest BCUT2D eigenvalue weighted by atomic mass is 9.94. The van der Waals surface area contributed by atoms with Crippen molar-refractivity contribution in [3.05, 3.63) is 52.1 Å². The van der Waals surface area contributed by atoms with Crippen molar-refractivity contribution in [2.24, 2.45) is 5.92 Å². The van der Waals surface area contributed by atoms with Crippen molar-refractivity contribution in [2.75, 3.05) is 32.7 Å². The van der Waals surface area contributed by atoms with Crippen LogP contribution in [0.2, 0.25) is 0 Å². The minimum atomic E-state index is -0.319. The van der Waals surface area contributed by atoms with E-state index >= 15 is 0 Å². The van der Waals surface area contributed by atoms with Crippen molar-refractivity contribution >= 4 is 5.69 Å². The van der Waals surface area contributed by atoms with Gasteiger partial charge in [0.05, 0.1) is 4.92 Å². The number of nitro groups is 1. The summed E-state index contributed by atoms with van der Waals surface area (Å²) in [6.07, 6.45) is 8.41. The zero-order valence-corrected chi connectivity index (χ0v) is 13.6. The monoisotopic (exact) mass is 315 g/mol. The van der Waals surface area contributed by atoms with Gasteiger partial charge in [-0.2, -0.15) is 0 Å². The molecule has 124 valence electrons. The van der Waals surface area contributed by atoms with E-state index in [2.05, 4.69) is 22.0 Å². The molecule has 1 aromatic rings. The van der Waals surface area contributed by atoms with Crippen molar-refractivity contribution in [2.45, 2.75) is 25.8 Å². The first-order chi connectivity index (χ1) is 11.2. The SMILES string of the molecule is O=[N+]([O-])c1cccc(CN2CCN(C[C@H]3CC=CCC3)CC2)c1. The van der Waals surface area contributed by atoms with Crippen LogP contribution in [0.5, 0.6) is 0 Å². The number of non-ortho nitro benzene ring substituents is 1. The molecule has 0 bridgehead atoms. The Labute approximate surface area is 137 Å². The fourth-order valence-electron chi connectivity index (χ4n) is 3.54. The summed E-state index contributed by atoms with van der Waals surface area (Å²) in [6, 6.07) is 7.01. The van der Waals surface area contributed by atoms with Crippen LogP contribution in [0.1, 0.15) is 24.8 Å². The van der Waals surface area contributed by atoms with Gasteiger partial charge in [-0.3, -0.25) is 15.0 Å². The van der Waals surface area contributed by atoms with E-state index in [1.165, 1.54) is 25.8 Å². The lowest BCUT2D eigenvalue weighted by Crippen LogP contribution is -2.47. The average Bonchev–Trinajstić information content (AvgIpc) is 2.58. The number of rotatable bonds is 5. The summed E-state index contributed by atoms with van der Waals surface area (Å²) in [7, 11) is 0. The van der Waals surface area contributed by atoms with Crippen LogP contribution >= 0.6 is 0 Å². The minimum absolute atomic E-state index is 0.187. The number of nitrogens with zero attached hydrogens (tertiary/aromatic N) is 3. The minimum Gasteiger partial charge on any atom is -0.301 e. The molecule has 0 amide bonds. The molecule has 0 radical (unpaired) electrons. The second kappa shape index (κ2) is 7.70. The number of allylic oxidation sites excluding steroid dienone is 2. The van der Waals surface area contributed by atoms with Gasteiger partial charge in [-0.05, 0) is 30.7 Å². The molecular formula is C18H25N3O2. The average molecular weight is 315 g/mol. The highest BCUT2D eigenvalue weighted by atomic mass is 16.6. The van der Waals surface area contributed by atoms with E-state index in [9.17, 15) is 10.1 Å². The predicted molar refractivity (Wildman–Crippen MR) is 91.3 cm³/mol. The molecule has 1 aromatic carbocycles. The normalized spacial score (nSPS) is 23.0. The number of hydrogen-bond donors (Lipinski definition) is 0. The van der Waals surface area contributed by atoms with Crippen LogP contribution in [0.25, 0.3) is 0 Å². The van der Waals surface area contributed by atoms with Gasteiger partial charge >= 0.3 is 0 Å². The Bertz CT molecular complexity index is 565. The molecule has 1 aliphatic carbocycles. The molecule has 23 heavy (non-hydrogen) atoms. The Morgan fingerprint density at radius 3 is 2.61 bits per heavy atom. The summed E-state index contributed by atoms with van der Waals surface area (Å²) in [5.74, 6) is 0.823. The van der Waals surface area contributed by atoms with E-state index in [4.69, 9.17) is 0 Å². The molecule has 0 spiro atoms. The Kier molecular flexibility index (Phi) is 5.41. The maximum absolute atomic E-state index is 10.9. The molecule has 0 unspecified atom stereocenters. The first-order valence-corrected chi connectivity index (χ1v) is 8.54. The van der Waals surface area contributed by atoms with Gasteiger partial charge in [0.2, 0.25) is 0 Å². The van der Waals surface area contributed by atoms with Crippen molar-refractivity contribution in [1.82, 2.24) is 9.80 Å². The van der Waals surface area contributed by atoms with Crippen molar-refractivity contribution in [3.8, 4) is 0 Å². The Morgan fingerprint density at radius 2 is 1.91 bits per heavy atom. The number of hydrogen-bond acceptors (Lipinski definition) is 4. The van der Waals surface area contributed by atoms with E-state index in [1.54, 1.807) is 18.2 Å². The maximum atomic E-state index is 10.9. The molecule has 2 aliphatic rings. The second-order valence-electron chi connectivity index (χ2n) is 6.65. The summed E-state index contributed by atoms with van der Waals surface area (Å²) >= 11 is 0. The summed E-state index contributed by atoms with van der Waals surface area (Å²) in [4.78, 5) is 15.5. The standard InChI is InChI=1S/C18H25N3O2/c22-21(23)18-8-4-7-17(13-18)15-20-11-9-19(10-12-20)14-16-5-2-1-3-6-16/h1-2,4,7-8,13,16H,3,5-6,9-12,14-15H2/t16-/m0/s1. The van der Waals surface area contributed by atoms with Crippen LogP contribution < -0.4 is 0 Å². The third kappa shape index (κ3) is 4.62. The quantitative estimate of drug-likeness (QED) is 0.476. The lowest BCUT2D eigenvalue weighted by Gasteiger charge is -2.36. The largest absolute Gasteiger partial charge is 0.301 e. The molecule has 1 saturated heterocycles. The number of benzene rings is 1. The number of piperazine rings is 1. The molecule has 0 aromatic heterocycles. The fourth-order valence-corrected chi connectivity index (χ4v) is 3.54. The van der Waals surface area contributed by atoms with Gasteiger partial charge in [0.1, 0.15) is 0 Å². The molecule has 5 nitrogen and oxygen atoms in total. The van der Waals surface area contributed by atoms with Gasteiger partial charge in [-0.25, -0.2) is 0 Å². The zero-order valence-electron chi connectivity index (χ0n) is 13.6. The van der Waals surface area contributed by atoms with Crippen molar-refractivity contribution < 1.29 is 4.92 Å². The highest BCUT2D eigenvalue weighted by molar-refractivity contribution is 5.34. The van der Waals surface area contributed by atoms with Gasteiger partial charge in [0.25, 0.3) is 5.69 Å². The van der Waals surface area contributed by atoms with E-state index in [-0.39, 0.29) is 10.6 Å². The predicted octanol–water partition coefficient (Wildman–Crippen LogP) is 3.07. The second-order valence-corrected chi connectivity index (χ2v) is 6.65. The number of nitro benzene ring substituents is 1. The van der Waals surface area contributed by atoms with Crippen molar-refractivity contribution in [3.63, 3.8) is 0 Å². The lowest BCUT2D eigenvalue weighted by molar-refractivity contribution is -0.384. The van der Waals surface area contributed by atoms with Crippen LogP contribution in [0.4, 0.5) is 5.69 Å². The van der Waals surface area contributed by atoms with Gasteiger partial charge < -0.3 is 4.90 Å². The Hall–Kier alpha value is -1.72. The third-order valence-corrected chi connectivity index (χ3v) is 4.89. The topological polar surface area (TPSA) is 49.6 Å². The van der Waals surface area contributed by atoms with Gasteiger partial charge in [-0.15, -0.1) is 0 Å². The molecule has 3 rings (SSSR count). The van der Waals surface area contributed by atoms with Crippen LogP contribution in [-0.4, -0.2) is 47.4 Å². The summed E-state index contributed by atoms with van der Waals surface area (Å²) < 4.78 is 0. The van der Waals surface area contributed by atoms with Gasteiger partial charge in [-0.1, -0.05) is 24.3 Å². The van der Waals surface area contributed by atoms with E-state index < -0.39 is 0 Å². The highest BCUT2D eigenvalue weighted by Gasteiger charge is 2.20. The first-order valence-electron chi connectivity index (χ1n) is 8.54. The third-order valence-electron chi connectivity index (χ3n) is 4.89. The van der Waals surface area contributed by atoms with Crippen LogP contribution in [0, 0.1) is 16.0 Å². The molecule has 0 N–H and O–H groups in total. The molecule has 1 aliphatic heterocycles. The molecule has 1 atom stereocenters. The molecular weight excluding hydrogens is 290 g/mol. The van der Waals surface area contributed by atoms with Gasteiger partial charge in [0.15, 0.2) is 0 Å². The van der Waals surface area contributed by atoms with Crippen LogP contribution in [-0.2, 0) is 6.54 Å². The molecule has 5 heteroatoms. The highest BCUT2D eigenvalue weighted by Crippen LogP contribution is 2.20. The van der Waals surface area contributed by atoms with Gasteiger partial charge in [0, 0.05) is 51.4 Å². The fraction of sp³-hybridized carbons (Fsp3) is 0.556. The van der Waals surface area contributed by atoms with Crippen molar-refractivity contribution in [1.29, 1.82) is 0 Å². The summed E-state index contributed by atoms with van der Waals surface area (Å²) in [5.41, 5.74) is 1.22. The zero-order chi connectivity index (χ0) is 16.1. The van der Waals surface area contributed by atoms with E-state index in [0.29, 0.717) is 0 Å².